The molecule has 1 aromatic carbocycles. The Morgan fingerprint density at radius 1 is 1.08 bits per heavy atom. The van der Waals surface area contributed by atoms with Gasteiger partial charge in [0.1, 0.15) is 6.04 Å². The van der Waals surface area contributed by atoms with E-state index in [0.717, 1.165) is 50.4 Å². The average molecular weight is 344 g/mol. The predicted molar refractivity (Wildman–Crippen MR) is 95.5 cm³/mol. The number of piperidine rings is 1. The van der Waals surface area contributed by atoms with E-state index in [4.69, 9.17) is 4.74 Å². The quantitative estimate of drug-likeness (QED) is 0.846. The van der Waals surface area contributed by atoms with Gasteiger partial charge in [0.05, 0.1) is 13.2 Å². The van der Waals surface area contributed by atoms with Gasteiger partial charge in [0.2, 0.25) is 5.91 Å². The Hall–Kier alpha value is -2.34. The summed E-state index contributed by atoms with van der Waals surface area (Å²) in [5.41, 5.74) is 2.07. The summed E-state index contributed by atoms with van der Waals surface area (Å²) in [5.74, 6) is -1.15. The lowest BCUT2D eigenvalue weighted by Crippen LogP contribution is -2.47. The number of aliphatic carboxylic acids is 1. The molecular weight excluding hydrogens is 320 g/mol. The fourth-order valence-corrected chi connectivity index (χ4v) is 3.33. The van der Waals surface area contributed by atoms with Gasteiger partial charge in [-0.15, -0.1) is 0 Å². The van der Waals surface area contributed by atoms with Gasteiger partial charge in [0, 0.05) is 31.4 Å². The Labute approximate surface area is 147 Å². The van der Waals surface area contributed by atoms with Crippen molar-refractivity contribution in [1.82, 2.24) is 4.90 Å². The normalized spacial score (nSPS) is 21.5. The third-order valence-corrected chi connectivity index (χ3v) is 4.76. The van der Waals surface area contributed by atoms with E-state index in [1.54, 1.807) is 6.08 Å². The number of hydrogen-bond donors (Lipinski definition) is 1. The highest BCUT2D eigenvalue weighted by Crippen LogP contribution is 2.19. The van der Waals surface area contributed by atoms with Crippen molar-refractivity contribution in [2.75, 3.05) is 37.7 Å². The first kappa shape index (κ1) is 17.5. The highest BCUT2D eigenvalue weighted by molar-refractivity contribution is 5.94. The van der Waals surface area contributed by atoms with Gasteiger partial charge in [-0.1, -0.05) is 12.1 Å². The molecule has 2 fully saturated rings. The van der Waals surface area contributed by atoms with Gasteiger partial charge in [0.25, 0.3) is 0 Å². The topological polar surface area (TPSA) is 70.1 Å². The Morgan fingerprint density at radius 3 is 2.48 bits per heavy atom. The third-order valence-electron chi connectivity index (χ3n) is 4.76. The summed E-state index contributed by atoms with van der Waals surface area (Å²) < 4.78 is 5.36. The van der Waals surface area contributed by atoms with Crippen LogP contribution in [0.3, 0.4) is 0 Å². The summed E-state index contributed by atoms with van der Waals surface area (Å²) in [7, 11) is 0. The van der Waals surface area contributed by atoms with Crippen LogP contribution >= 0.6 is 0 Å². The zero-order valence-corrected chi connectivity index (χ0v) is 14.3. The Kier molecular flexibility index (Phi) is 5.71. The SMILES string of the molecule is O=C(O)C1CCCCN1C(=O)C=Cc1ccc(N2CCOCC2)cc1. The Morgan fingerprint density at radius 2 is 1.80 bits per heavy atom. The lowest BCUT2D eigenvalue weighted by Gasteiger charge is -2.32. The van der Waals surface area contributed by atoms with Crippen LogP contribution in [0.1, 0.15) is 24.8 Å². The van der Waals surface area contributed by atoms with E-state index in [1.807, 2.05) is 24.3 Å². The molecule has 1 aromatic rings. The first-order chi connectivity index (χ1) is 12.1. The minimum atomic E-state index is -0.920. The minimum absolute atomic E-state index is 0.232. The lowest BCUT2D eigenvalue weighted by molar-refractivity contribution is -0.150. The molecule has 2 aliphatic heterocycles. The molecule has 6 nitrogen and oxygen atoms in total. The number of carboxylic acids is 1. The first-order valence-electron chi connectivity index (χ1n) is 8.79. The summed E-state index contributed by atoms with van der Waals surface area (Å²) in [5, 5.41) is 9.27. The number of rotatable bonds is 4. The van der Waals surface area contributed by atoms with Crippen molar-refractivity contribution in [3.8, 4) is 0 Å². The maximum absolute atomic E-state index is 12.4. The van der Waals surface area contributed by atoms with Gasteiger partial charge in [-0.2, -0.15) is 0 Å². The van der Waals surface area contributed by atoms with Crippen LogP contribution < -0.4 is 4.90 Å². The number of anilines is 1. The number of ether oxygens (including phenoxy) is 1. The molecule has 1 atom stereocenters. The van der Waals surface area contributed by atoms with Gasteiger partial charge in [0.15, 0.2) is 0 Å². The standard InChI is InChI=1S/C19H24N2O4/c22-18(21-10-2-1-3-17(21)19(23)24)9-6-15-4-7-16(8-5-15)20-11-13-25-14-12-20/h4-9,17H,1-3,10-14H2,(H,23,24). The van der Waals surface area contributed by atoms with E-state index in [9.17, 15) is 14.7 Å². The fraction of sp³-hybridized carbons (Fsp3) is 0.474. The monoisotopic (exact) mass is 344 g/mol. The van der Waals surface area contributed by atoms with Gasteiger partial charge >= 0.3 is 5.97 Å². The van der Waals surface area contributed by atoms with Crippen LogP contribution in [-0.2, 0) is 14.3 Å². The highest BCUT2D eigenvalue weighted by Gasteiger charge is 2.30. The number of likely N-dealkylation sites (tertiary alicyclic amines) is 1. The van der Waals surface area contributed by atoms with Crippen LogP contribution in [0.5, 0.6) is 0 Å². The summed E-state index contributed by atoms with van der Waals surface area (Å²) >= 11 is 0. The molecule has 1 N–H and O–H groups in total. The molecule has 25 heavy (non-hydrogen) atoms. The molecule has 0 spiro atoms. The van der Waals surface area contributed by atoms with Gasteiger partial charge < -0.3 is 19.6 Å². The van der Waals surface area contributed by atoms with Crippen molar-refractivity contribution >= 4 is 23.6 Å². The highest BCUT2D eigenvalue weighted by atomic mass is 16.5. The number of nitrogens with zero attached hydrogens (tertiary/aromatic N) is 2. The van der Waals surface area contributed by atoms with Crippen molar-refractivity contribution in [2.24, 2.45) is 0 Å². The first-order valence-corrected chi connectivity index (χ1v) is 8.79. The third kappa shape index (κ3) is 4.39. The lowest BCUT2D eigenvalue weighted by atomic mass is 10.0. The molecule has 0 aliphatic carbocycles. The molecule has 2 saturated heterocycles. The predicted octanol–water partition coefficient (Wildman–Crippen LogP) is 2.00. The molecule has 1 amide bonds. The molecule has 2 aliphatic rings. The van der Waals surface area contributed by atoms with Crippen LogP contribution in [0.2, 0.25) is 0 Å². The van der Waals surface area contributed by atoms with Crippen molar-refractivity contribution in [1.29, 1.82) is 0 Å². The van der Waals surface area contributed by atoms with Gasteiger partial charge in [-0.25, -0.2) is 4.79 Å². The van der Waals surface area contributed by atoms with E-state index < -0.39 is 12.0 Å². The Bertz CT molecular complexity index is 635. The van der Waals surface area contributed by atoms with Crippen molar-refractivity contribution < 1.29 is 19.4 Å². The second-order valence-corrected chi connectivity index (χ2v) is 6.41. The Balaban J connectivity index is 1.62. The largest absolute Gasteiger partial charge is 0.480 e. The molecule has 0 bridgehead atoms. The second kappa shape index (κ2) is 8.16. The average Bonchev–Trinajstić information content (AvgIpc) is 2.67. The van der Waals surface area contributed by atoms with Gasteiger partial charge in [-0.3, -0.25) is 4.79 Å². The molecule has 3 rings (SSSR count). The zero-order valence-electron chi connectivity index (χ0n) is 14.3. The minimum Gasteiger partial charge on any atom is -0.480 e. The second-order valence-electron chi connectivity index (χ2n) is 6.41. The fourth-order valence-electron chi connectivity index (χ4n) is 3.33. The molecule has 2 heterocycles. The number of amides is 1. The van der Waals surface area contributed by atoms with Crippen LogP contribution in [0, 0.1) is 0 Å². The van der Waals surface area contributed by atoms with E-state index in [-0.39, 0.29) is 5.91 Å². The van der Waals surface area contributed by atoms with E-state index >= 15 is 0 Å². The number of morpholine rings is 1. The molecule has 6 heteroatoms. The summed E-state index contributed by atoms with van der Waals surface area (Å²) in [6, 6.07) is 7.32. The van der Waals surface area contributed by atoms with Crippen LogP contribution in [0.4, 0.5) is 5.69 Å². The maximum atomic E-state index is 12.4. The molecule has 1 unspecified atom stereocenters. The van der Waals surface area contributed by atoms with E-state index in [2.05, 4.69) is 4.90 Å². The zero-order chi connectivity index (χ0) is 17.6. The number of benzene rings is 1. The number of carbonyl (C=O) groups is 2. The molecule has 0 radical (unpaired) electrons. The van der Waals surface area contributed by atoms with E-state index in [0.29, 0.717) is 13.0 Å². The summed E-state index contributed by atoms with van der Waals surface area (Å²) in [6.07, 6.45) is 5.47. The van der Waals surface area contributed by atoms with Crippen LogP contribution in [-0.4, -0.2) is 60.8 Å². The van der Waals surface area contributed by atoms with Crippen LogP contribution in [0.15, 0.2) is 30.3 Å². The number of carboxylic acid groups (broad SMARTS) is 1. The molecule has 0 aromatic heterocycles. The van der Waals surface area contributed by atoms with E-state index in [1.165, 1.54) is 11.0 Å². The van der Waals surface area contributed by atoms with Crippen LogP contribution in [0.25, 0.3) is 6.08 Å². The molecule has 134 valence electrons. The number of carbonyl (C=O) groups excluding carboxylic acids is 1. The smallest absolute Gasteiger partial charge is 0.326 e. The van der Waals surface area contributed by atoms with Crippen molar-refractivity contribution in [3.05, 3.63) is 35.9 Å². The van der Waals surface area contributed by atoms with Crippen molar-refractivity contribution in [3.63, 3.8) is 0 Å². The summed E-state index contributed by atoms with van der Waals surface area (Å²) in [6.45, 7) is 3.78. The summed E-state index contributed by atoms with van der Waals surface area (Å²) in [4.78, 5) is 27.4. The molecule has 0 saturated carbocycles. The molecular formula is C19H24N2O4. The van der Waals surface area contributed by atoms with Gasteiger partial charge in [-0.05, 0) is 43.0 Å². The number of hydrogen-bond acceptors (Lipinski definition) is 4. The van der Waals surface area contributed by atoms with Crippen molar-refractivity contribution in [2.45, 2.75) is 25.3 Å². The maximum Gasteiger partial charge on any atom is 0.326 e.